The summed E-state index contributed by atoms with van der Waals surface area (Å²) in [4.78, 5) is 29.3. The van der Waals surface area contributed by atoms with E-state index < -0.39 is 4.92 Å². The van der Waals surface area contributed by atoms with Crippen molar-refractivity contribution in [3.05, 3.63) is 72.2 Å². The standard InChI is InChI=1S/C16H11Cl2N3O4/c1-8-19-15-9(16(22)20-8)3-2-4-13(15)25-7-10-11(17)5-6-12(14(10)18)21(23)24/h2-6H,7H2,1H3,(H,19,20,22). The number of benzene rings is 2. The van der Waals surface area contributed by atoms with E-state index in [4.69, 9.17) is 27.9 Å². The van der Waals surface area contributed by atoms with Gasteiger partial charge in [-0.1, -0.05) is 29.3 Å². The van der Waals surface area contributed by atoms with E-state index in [-0.39, 0.29) is 33.5 Å². The molecule has 0 aliphatic heterocycles. The predicted octanol–water partition coefficient (Wildman–Crippen LogP) is 4.03. The normalized spacial score (nSPS) is 10.8. The highest BCUT2D eigenvalue weighted by molar-refractivity contribution is 6.37. The topological polar surface area (TPSA) is 98.1 Å². The molecule has 0 aliphatic rings. The third-order valence-electron chi connectivity index (χ3n) is 3.55. The smallest absolute Gasteiger partial charge is 0.288 e. The van der Waals surface area contributed by atoms with Gasteiger partial charge in [0.05, 0.1) is 10.3 Å². The van der Waals surface area contributed by atoms with E-state index in [9.17, 15) is 14.9 Å². The number of aromatic nitrogens is 2. The molecule has 0 fully saturated rings. The van der Waals surface area contributed by atoms with Crippen LogP contribution >= 0.6 is 23.2 Å². The lowest BCUT2D eigenvalue weighted by Crippen LogP contribution is -2.10. The lowest BCUT2D eigenvalue weighted by Gasteiger charge is -2.11. The van der Waals surface area contributed by atoms with Gasteiger partial charge in [0, 0.05) is 16.7 Å². The lowest BCUT2D eigenvalue weighted by atomic mass is 10.2. The van der Waals surface area contributed by atoms with Crippen molar-refractivity contribution in [2.75, 3.05) is 0 Å². The molecule has 0 radical (unpaired) electrons. The van der Waals surface area contributed by atoms with Crippen LogP contribution < -0.4 is 10.3 Å². The molecule has 0 amide bonds. The minimum absolute atomic E-state index is 0.0836. The van der Waals surface area contributed by atoms with Gasteiger partial charge < -0.3 is 9.72 Å². The monoisotopic (exact) mass is 379 g/mol. The van der Waals surface area contributed by atoms with Crippen molar-refractivity contribution >= 4 is 39.8 Å². The Morgan fingerprint density at radius 2 is 2.04 bits per heavy atom. The Bertz CT molecular complexity index is 1050. The summed E-state index contributed by atoms with van der Waals surface area (Å²) in [6.07, 6.45) is 0. The second-order valence-electron chi connectivity index (χ2n) is 5.21. The Kier molecular flexibility index (Phi) is 4.61. The van der Waals surface area contributed by atoms with Crippen molar-refractivity contribution in [3.8, 4) is 5.75 Å². The highest BCUT2D eigenvalue weighted by atomic mass is 35.5. The third-order valence-corrected chi connectivity index (χ3v) is 4.33. The van der Waals surface area contributed by atoms with Crippen LogP contribution in [0.15, 0.2) is 35.1 Å². The van der Waals surface area contributed by atoms with Crippen LogP contribution in [0.5, 0.6) is 5.75 Å². The van der Waals surface area contributed by atoms with Crippen LogP contribution in [-0.4, -0.2) is 14.9 Å². The van der Waals surface area contributed by atoms with Gasteiger partial charge in [0.25, 0.3) is 11.2 Å². The van der Waals surface area contributed by atoms with Gasteiger partial charge in [-0.3, -0.25) is 14.9 Å². The maximum absolute atomic E-state index is 12.0. The molecule has 7 nitrogen and oxygen atoms in total. The number of hydrogen-bond donors (Lipinski definition) is 1. The highest BCUT2D eigenvalue weighted by Gasteiger charge is 2.19. The Labute approximate surface area is 151 Å². The summed E-state index contributed by atoms with van der Waals surface area (Å²) < 4.78 is 5.70. The van der Waals surface area contributed by atoms with Gasteiger partial charge in [-0.05, 0) is 25.1 Å². The molecule has 128 valence electrons. The number of aryl methyl sites for hydroxylation is 1. The van der Waals surface area contributed by atoms with Crippen molar-refractivity contribution in [3.63, 3.8) is 0 Å². The van der Waals surface area contributed by atoms with Crippen molar-refractivity contribution in [2.24, 2.45) is 0 Å². The van der Waals surface area contributed by atoms with Crippen LogP contribution in [0.25, 0.3) is 10.9 Å². The molecule has 2 aromatic carbocycles. The largest absolute Gasteiger partial charge is 0.486 e. The first kappa shape index (κ1) is 17.2. The number of ether oxygens (including phenoxy) is 1. The van der Waals surface area contributed by atoms with E-state index in [0.29, 0.717) is 22.5 Å². The zero-order valence-corrected chi connectivity index (χ0v) is 14.4. The second-order valence-corrected chi connectivity index (χ2v) is 5.99. The number of para-hydroxylation sites is 1. The van der Waals surface area contributed by atoms with Crippen molar-refractivity contribution in [1.82, 2.24) is 9.97 Å². The number of H-pyrrole nitrogens is 1. The van der Waals surface area contributed by atoms with E-state index in [0.717, 1.165) is 0 Å². The molecule has 0 atom stereocenters. The molecular formula is C16H11Cl2N3O4. The number of nitro benzene ring substituents is 1. The third kappa shape index (κ3) is 3.29. The van der Waals surface area contributed by atoms with Crippen molar-refractivity contribution in [1.29, 1.82) is 0 Å². The number of rotatable bonds is 4. The van der Waals surface area contributed by atoms with Gasteiger partial charge in [-0.15, -0.1) is 0 Å². The van der Waals surface area contributed by atoms with Gasteiger partial charge in [0.15, 0.2) is 0 Å². The number of nitrogens with zero attached hydrogens (tertiary/aromatic N) is 2. The van der Waals surface area contributed by atoms with E-state index in [2.05, 4.69) is 9.97 Å². The minimum atomic E-state index is -0.593. The number of aromatic amines is 1. The summed E-state index contributed by atoms with van der Waals surface area (Å²) >= 11 is 12.2. The van der Waals surface area contributed by atoms with E-state index in [1.165, 1.54) is 12.1 Å². The van der Waals surface area contributed by atoms with Crippen LogP contribution in [-0.2, 0) is 6.61 Å². The molecule has 25 heavy (non-hydrogen) atoms. The molecule has 0 unspecified atom stereocenters. The van der Waals surface area contributed by atoms with Gasteiger partial charge in [0.1, 0.15) is 28.7 Å². The summed E-state index contributed by atoms with van der Waals surface area (Å²) in [7, 11) is 0. The Balaban J connectivity index is 2.01. The predicted molar refractivity (Wildman–Crippen MR) is 94.5 cm³/mol. The molecule has 0 saturated carbocycles. The number of fused-ring (bicyclic) bond motifs is 1. The van der Waals surface area contributed by atoms with Crippen molar-refractivity contribution in [2.45, 2.75) is 13.5 Å². The van der Waals surface area contributed by atoms with Gasteiger partial charge in [0.2, 0.25) is 0 Å². The highest BCUT2D eigenvalue weighted by Crippen LogP contribution is 2.34. The Morgan fingerprint density at radius 1 is 1.28 bits per heavy atom. The zero-order chi connectivity index (χ0) is 18.1. The summed E-state index contributed by atoms with van der Waals surface area (Å²) in [6, 6.07) is 7.55. The summed E-state index contributed by atoms with van der Waals surface area (Å²) in [5.41, 5.74) is 0.143. The Hall–Kier alpha value is -2.64. The first-order valence-corrected chi connectivity index (χ1v) is 7.88. The number of halogens is 2. The average molecular weight is 380 g/mol. The second kappa shape index (κ2) is 6.70. The maximum Gasteiger partial charge on any atom is 0.288 e. The molecule has 0 aliphatic carbocycles. The van der Waals surface area contributed by atoms with E-state index >= 15 is 0 Å². The zero-order valence-electron chi connectivity index (χ0n) is 12.9. The van der Waals surface area contributed by atoms with E-state index in [1.807, 2.05) is 0 Å². The van der Waals surface area contributed by atoms with Gasteiger partial charge in [-0.25, -0.2) is 4.98 Å². The fourth-order valence-electron chi connectivity index (χ4n) is 2.37. The molecule has 1 aromatic heterocycles. The lowest BCUT2D eigenvalue weighted by molar-refractivity contribution is -0.384. The van der Waals surface area contributed by atoms with Gasteiger partial charge >= 0.3 is 0 Å². The molecule has 3 aromatic rings. The molecule has 3 rings (SSSR count). The molecule has 0 spiro atoms. The van der Waals surface area contributed by atoms with Crippen LogP contribution in [0.4, 0.5) is 5.69 Å². The number of hydrogen-bond acceptors (Lipinski definition) is 5. The van der Waals surface area contributed by atoms with E-state index in [1.54, 1.807) is 25.1 Å². The van der Waals surface area contributed by atoms with Crippen LogP contribution in [0.3, 0.4) is 0 Å². The first-order chi connectivity index (χ1) is 11.9. The molecule has 1 heterocycles. The minimum Gasteiger partial charge on any atom is -0.486 e. The molecule has 0 saturated heterocycles. The fraction of sp³-hybridized carbons (Fsp3) is 0.125. The first-order valence-electron chi connectivity index (χ1n) is 7.12. The number of nitrogens with one attached hydrogen (secondary N) is 1. The average Bonchev–Trinajstić information content (AvgIpc) is 2.54. The molecule has 0 bridgehead atoms. The molecule has 1 N–H and O–H groups in total. The van der Waals surface area contributed by atoms with Gasteiger partial charge in [-0.2, -0.15) is 0 Å². The fourth-order valence-corrected chi connectivity index (χ4v) is 2.92. The number of nitro groups is 1. The summed E-state index contributed by atoms with van der Waals surface area (Å²) in [6.45, 7) is 1.55. The maximum atomic E-state index is 12.0. The van der Waals surface area contributed by atoms with Crippen LogP contribution in [0.1, 0.15) is 11.4 Å². The van der Waals surface area contributed by atoms with Crippen LogP contribution in [0.2, 0.25) is 10.0 Å². The van der Waals surface area contributed by atoms with Crippen LogP contribution in [0, 0.1) is 17.0 Å². The summed E-state index contributed by atoms with van der Waals surface area (Å²) in [5.74, 6) is 0.797. The summed E-state index contributed by atoms with van der Waals surface area (Å²) in [5, 5.41) is 11.5. The SMILES string of the molecule is Cc1nc2c(OCc3c(Cl)ccc([N+](=O)[O-])c3Cl)cccc2c(=O)[nH]1. The van der Waals surface area contributed by atoms with Crippen molar-refractivity contribution < 1.29 is 9.66 Å². The Morgan fingerprint density at radius 3 is 2.76 bits per heavy atom. The molecule has 9 heteroatoms. The molecular weight excluding hydrogens is 369 g/mol. The quantitative estimate of drug-likeness (QED) is 0.544.